The molecule has 0 aliphatic carbocycles. The summed E-state index contributed by atoms with van der Waals surface area (Å²) in [6.07, 6.45) is 1.61. The van der Waals surface area contributed by atoms with Gasteiger partial charge in [0.05, 0.1) is 5.56 Å². The molecule has 7 heteroatoms. The number of carboxylic acids is 1. The summed E-state index contributed by atoms with van der Waals surface area (Å²) in [7, 11) is 0. The van der Waals surface area contributed by atoms with Crippen LogP contribution in [0, 0.1) is 0 Å². The fourth-order valence-electron chi connectivity index (χ4n) is 2.56. The highest BCUT2D eigenvalue weighted by Crippen LogP contribution is 2.36. The van der Waals surface area contributed by atoms with E-state index in [0.29, 0.717) is 28.6 Å². The van der Waals surface area contributed by atoms with Crippen LogP contribution in [0.5, 0.6) is 23.0 Å². The molecule has 4 rings (SSSR count). The minimum absolute atomic E-state index is 0.171. The Labute approximate surface area is 142 Å². The summed E-state index contributed by atoms with van der Waals surface area (Å²) in [6.45, 7) is -0.290. The number of ether oxygens (including phenoxy) is 4. The van der Waals surface area contributed by atoms with Crippen LogP contribution in [-0.4, -0.2) is 30.3 Å². The van der Waals surface area contributed by atoms with Gasteiger partial charge >= 0.3 is 5.97 Å². The smallest absolute Gasteiger partial charge is 0.341 e. The first kappa shape index (κ1) is 15.1. The van der Waals surface area contributed by atoms with Crippen molar-refractivity contribution >= 4 is 17.8 Å². The third kappa shape index (κ3) is 2.87. The third-order valence-corrected chi connectivity index (χ3v) is 3.70. The second-order valence-electron chi connectivity index (χ2n) is 5.39. The average molecular weight is 340 g/mol. The van der Waals surface area contributed by atoms with Crippen molar-refractivity contribution in [1.29, 1.82) is 0 Å². The van der Waals surface area contributed by atoms with Crippen LogP contribution in [-0.2, 0) is 4.79 Å². The van der Waals surface area contributed by atoms with Crippen LogP contribution in [0.3, 0.4) is 0 Å². The summed E-state index contributed by atoms with van der Waals surface area (Å²) in [4.78, 5) is 23.0. The molecule has 2 aromatic carbocycles. The first-order chi connectivity index (χ1) is 12.1. The van der Waals surface area contributed by atoms with Crippen molar-refractivity contribution in [1.82, 2.24) is 0 Å². The van der Waals surface area contributed by atoms with E-state index in [-0.39, 0.29) is 18.3 Å². The summed E-state index contributed by atoms with van der Waals surface area (Å²) < 4.78 is 21.3. The molecule has 0 aromatic heterocycles. The molecule has 0 unspecified atom stereocenters. The van der Waals surface area contributed by atoms with E-state index in [1.807, 2.05) is 0 Å². The zero-order valence-electron chi connectivity index (χ0n) is 12.9. The van der Waals surface area contributed by atoms with Gasteiger partial charge in [-0.05, 0) is 35.9 Å². The Bertz CT molecular complexity index is 914. The topological polar surface area (TPSA) is 91.3 Å². The van der Waals surface area contributed by atoms with Crippen molar-refractivity contribution in [2.45, 2.75) is 0 Å². The molecule has 2 aliphatic heterocycles. The maximum Gasteiger partial charge on any atom is 0.341 e. The molecular weight excluding hydrogens is 328 g/mol. The molecule has 0 amide bonds. The van der Waals surface area contributed by atoms with Gasteiger partial charge in [-0.25, -0.2) is 4.79 Å². The van der Waals surface area contributed by atoms with Gasteiger partial charge in [0, 0.05) is 6.07 Å². The molecule has 25 heavy (non-hydrogen) atoms. The Hall–Kier alpha value is -3.48. The van der Waals surface area contributed by atoms with E-state index in [0.717, 1.165) is 5.56 Å². The number of carbonyl (C=O) groups is 2. The van der Waals surface area contributed by atoms with Crippen molar-refractivity contribution in [2.24, 2.45) is 0 Å². The van der Waals surface area contributed by atoms with E-state index in [4.69, 9.17) is 24.1 Å². The van der Waals surface area contributed by atoms with Gasteiger partial charge in [-0.3, -0.25) is 4.79 Å². The zero-order chi connectivity index (χ0) is 17.4. The fourth-order valence-corrected chi connectivity index (χ4v) is 2.56. The number of hydrogen-bond acceptors (Lipinski definition) is 6. The predicted octanol–water partition coefficient (Wildman–Crippen LogP) is 2.49. The summed E-state index contributed by atoms with van der Waals surface area (Å²) in [5.74, 6) is 0.756. The number of rotatable bonds is 4. The predicted molar refractivity (Wildman–Crippen MR) is 85.1 cm³/mol. The van der Waals surface area contributed by atoms with Crippen LogP contribution in [0.2, 0.25) is 0 Å². The first-order valence-corrected chi connectivity index (χ1v) is 7.43. The van der Waals surface area contributed by atoms with E-state index in [1.165, 1.54) is 12.1 Å². The molecule has 0 spiro atoms. The lowest BCUT2D eigenvalue weighted by Gasteiger charge is -2.04. The third-order valence-electron chi connectivity index (χ3n) is 3.70. The molecular formula is C18H12O7. The summed E-state index contributed by atoms with van der Waals surface area (Å²) in [5, 5.41) is 8.64. The van der Waals surface area contributed by atoms with E-state index in [2.05, 4.69) is 0 Å². The molecule has 0 bridgehead atoms. The minimum atomic E-state index is -1.08. The monoisotopic (exact) mass is 340 g/mol. The molecule has 2 heterocycles. The van der Waals surface area contributed by atoms with Gasteiger partial charge in [-0.1, -0.05) is 6.07 Å². The zero-order valence-corrected chi connectivity index (χ0v) is 12.9. The number of ketones is 1. The quantitative estimate of drug-likeness (QED) is 0.855. The Kier molecular flexibility index (Phi) is 3.53. The number of benzene rings is 2. The lowest BCUT2D eigenvalue weighted by molar-refractivity contribution is -0.139. The fraction of sp³-hybridized carbons (Fsp3) is 0.111. The number of Topliss-reactive ketones (excluding diaryl/α,β-unsaturated/α-hetero) is 1. The summed E-state index contributed by atoms with van der Waals surface area (Å²) >= 11 is 0. The second-order valence-corrected chi connectivity index (χ2v) is 5.39. The maximum absolute atomic E-state index is 12.4. The number of carbonyl (C=O) groups excluding carboxylic acids is 1. The van der Waals surface area contributed by atoms with Crippen LogP contribution in [0.4, 0.5) is 0 Å². The summed E-state index contributed by atoms with van der Waals surface area (Å²) in [5.41, 5.74) is 1.14. The highest BCUT2D eigenvalue weighted by Gasteiger charge is 2.28. The second kappa shape index (κ2) is 5.86. The lowest BCUT2D eigenvalue weighted by atomic mass is 10.1. The first-order valence-electron chi connectivity index (χ1n) is 7.43. The number of carboxylic acid groups (broad SMARTS) is 1. The molecule has 0 saturated heterocycles. The van der Waals surface area contributed by atoms with Gasteiger partial charge < -0.3 is 24.1 Å². The number of hydrogen-bond donors (Lipinski definition) is 1. The van der Waals surface area contributed by atoms with Crippen molar-refractivity contribution < 1.29 is 33.6 Å². The molecule has 0 saturated carbocycles. The normalized spacial score (nSPS) is 15.8. The van der Waals surface area contributed by atoms with Gasteiger partial charge in [-0.15, -0.1) is 0 Å². The van der Waals surface area contributed by atoms with E-state index >= 15 is 0 Å². The Balaban J connectivity index is 1.58. The van der Waals surface area contributed by atoms with Crippen LogP contribution in [0.1, 0.15) is 15.9 Å². The Morgan fingerprint density at radius 2 is 1.96 bits per heavy atom. The molecule has 2 aliphatic rings. The van der Waals surface area contributed by atoms with Crippen LogP contribution in [0.25, 0.3) is 6.08 Å². The van der Waals surface area contributed by atoms with Crippen molar-refractivity contribution in [3.63, 3.8) is 0 Å². The van der Waals surface area contributed by atoms with E-state index < -0.39 is 12.6 Å². The van der Waals surface area contributed by atoms with Crippen LogP contribution in [0.15, 0.2) is 42.2 Å². The van der Waals surface area contributed by atoms with Crippen molar-refractivity contribution in [3.8, 4) is 23.0 Å². The lowest BCUT2D eigenvalue weighted by Crippen LogP contribution is -2.09. The molecule has 0 radical (unpaired) electrons. The molecule has 1 N–H and O–H groups in total. The highest BCUT2D eigenvalue weighted by atomic mass is 16.7. The maximum atomic E-state index is 12.4. The van der Waals surface area contributed by atoms with E-state index in [1.54, 1.807) is 30.3 Å². The van der Waals surface area contributed by atoms with Crippen LogP contribution >= 0.6 is 0 Å². The molecule has 0 atom stereocenters. The van der Waals surface area contributed by atoms with Gasteiger partial charge in [0.15, 0.2) is 23.9 Å². The van der Waals surface area contributed by atoms with Gasteiger partial charge in [0.25, 0.3) is 0 Å². The Morgan fingerprint density at radius 3 is 2.80 bits per heavy atom. The molecule has 0 fully saturated rings. The number of aliphatic carboxylic acids is 1. The number of fused-ring (bicyclic) bond motifs is 2. The van der Waals surface area contributed by atoms with Crippen LogP contribution < -0.4 is 18.9 Å². The molecule has 7 nitrogen and oxygen atoms in total. The SMILES string of the molecule is O=C(O)COc1ccc2c(c1)O/C(=C\c1ccc3c(c1)OCO3)C2=O. The average Bonchev–Trinajstić information content (AvgIpc) is 3.17. The standard InChI is InChI=1S/C18H12O7/c19-17(20)8-22-11-2-3-12-14(7-11)25-16(18(12)21)6-10-1-4-13-15(5-10)24-9-23-13/h1-7H,8-9H2,(H,19,20)/b16-6-. The highest BCUT2D eigenvalue weighted by molar-refractivity contribution is 6.14. The Morgan fingerprint density at radius 1 is 1.12 bits per heavy atom. The minimum Gasteiger partial charge on any atom is -0.482 e. The number of allylic oxidation sites excluding steroid dienone is 1. The van der Waals surface area contributed by atoms with Crippen molar-refractivity contribution in [2.75, 3.05) is 13.4 Å². The van der Waals surface area contributed by atoms with Gasteiger partial charge in [0.2, 0.25) is 12.6 Å². The van der Waals surface area contributed by atoms with Gasteiger partial charge in [-0.2, -0.15) is 0 Å². The molecule has 126 valence electrons. The van der Waals surface area contributed by atoms with E-state index in [9.17, 15) is 9.59 Å². The van der Waals surface area contributed by atoms with Gasteiger partial charge in [0.1, 0.15) is 11.5 Å². The summed E-state index contributed by atoms with van der Waals surface area (Å²) in [6, 6.07) is 9.90. The van der Waals surface area contributed by atoms with Crippen molar-refractivity contribution in [3.05, 3.63) is 53.3 Å². The largest absolute Gasteiger partial charge is 0.482 e. The molecule has 2 aromatic rings.